The minimum atomic E-state index is -0.430. The van der Waals surface area contributed by atoms with Crippen LogP contribution in [0.5, 0.6) is 11.5 Å². The van der Waals surface area contributed by atoms with Crippen molar-refractivity contribution in [1.82, 2.24) is 0 Å². The molecular formula is C14H12FNO3. The van der Waals surface area contributed by atoms with E-state index in [-0.39, 0.29) is 23.8 Å². The van der Waals surface area contributed by atoms with Gasteiger partial charge < -0.3 is 15.5 Å². The second-order valence-electron chi connectivity index (χ2n) is 4.06. The van der Waals surface area contributed by atoms with Gasteiger partial charge in [0, 0.05) is 5.69 Å². The number of rotatable bonds is 3. The number of phenols is 2. The Labute approximate surface area is 109 Å². The number of carbonyl (C=O) groups excluding carboxylic acids is 1. The van der Waals surface area contributed by atoms with Gasteiger partial charge in [-0.15, -0.1) is 0 Å². The standard InChI is InChI=1S/C14H12FNO3/c15-10-2-1-3-11(8-10)16-14(19)7-9-4-5-12(17)13(18)6-9/h1-6,8,17-18H,7H2,(H,16,19). The lowest BCUT2D eigenvalue weighted by molar-refractivity contribution is -0.115. The molecule has 0 fully saturated rings. The van der Waals surface area contributed by atoms with E-state index >= 15 is 0 Å². The van der Waals surface area contributed by atoms with Gasteiger partial charge in [-0.3, -0.25) is 4.79 Å². The maximum Gasteiger partial charge on any atom is 0.228 e. The zero-order chi connectivity index (χ0) is 13.8. The molecule has 0 saturated heterocycles. The highest BCUT2D eigenvalue weighted by atomic mass is 19.1. The molecule has 0 saturated carbocycles. The number of anilines is 1. The summed E-state index contributed by atoms with van der Waals surface area (Å²) in [6.45, 7) is 0. The molecule has 0 bridgehead atoms. The third-order valence-corrected chi connectivity index (χ3v) is 2.51. The Balaban J connectivity index is 2.03. The highest BCUT2D eigenvalue weighted by Gasteiger charge is 2.07. The van der Waals surface area contributed by atoms with E-state index in [2.05, 4.69) is 5.32 Å². The predicted molar refractivity (Wildman–Crippen MR) is 68.5 cm³/mol. The number of amides is 1. The molecule has 0 aromatic heterocycles. The fourth-order valence-corrected chi connectivity index (χ4v) is 1.64. The average Bonchev–Trinajstić information content (AvgIpc) is 2.34. The Kier molecular flexibility index (Phi) is 3.66. The number of halogens is 1. The molecule has 0 aliphatic rings. The van der Waals surface area contributed by atoms with Crippen molar-refractivity contribution in [3.05, 3.63) is 53.8 Å². The number of carbonyl (C=O) groups is 1. The second-order valence-corrected chi connectivity index (χ2v) is 4.06. The second kappa shape index (κ2) is 5.39. The number of nitrogens with one attached hydrogen (secondary N) is 1. The van der Waals surface area contributed by atoms with Gasteiger partial charge in [-0.25, -0.2) is 4.39 Å². The van der Waals surface area contributed by atoms with Crippen LogP contribution >= 0.6 is 0 Å². The van der Waals surface area contributed by atoms with Crippen LogP contribution in [0, 0.1) is 5.82 Å². The molecule has 2 rings (SSSR count). The first-order chi connectivity index (χ1) is 9.04. The Morgan fingerprint density at radius 3 is 2.58 bits per heavy atom. The first-order valence-corrected chi connectivity index (χ1v) is 5.61. The van der Waals surface area contributed by atoms with Crippen LogP contribution < -0.4 is 5.32 Å². The van der Waals surface area contributed by atoms with Gasteiger partial charge in [0.25, 0.3) is 0 Å². The number of aromatic hydroxyl groups is 2. The number of benzene rings is 2. The molecule has 5 heteroatoms. The molecule has 1 amide bonds. The number of phenolic OH excluding ortho intramolecular Hbond substituents is 2. The van der Waals surface area contributed by atoms with Gasteiger partial charge in [-0.2, -0.15) is 0 Å². The summed E-state index contributed by atoms with van der Waals surface area (Å²) in [5, 5.41) is 21.0. The van der Waals surface area contributed by atoms with Crippen LogP contribution in [0.1, 0.15) is 5.56 Å². The SMILES string of the molecule is O=C(Cc1ccc(O)c(O)c1)Nc1cccc(F)c1. The summed E-state index contributed by atoms with van der Waals surface area (Å²) < 4.78 is 12.9. The van der Waals surface area contributed by atoms with E-state index in [0.29, 0.717) is 11.3 Å². The first-order valence-electron chi connectivity index (χ1n) is 5.61. The Hall–Kier alpha value is -2.56. The van der Waals surface area contributed by atoms with Crippen LogP contribution in [0.3, 0.4) is 0 Å². The third-order valence-electron chi connectivity index (χ3n) is 2.51. The average molecular weight is 261 g/mol. The summed E-state index contributed by atoms with van der Waals surface area (Å²) in [4.78, 5) is 11.7. The molecule has 0 spiro atoms. The van der Waals surface area contributed by atoms with Crippen molar-refractivity contribution in [3.8, 4) is 11.5 Å². The molecule has 19 heavy (non-hydrogen) atoms. The molecular weight excluding hydrogens is 249 g/mol. The van der Waals surface area contributed by atoms with Crippen LogP contribution in [0.25, 0.3) is 0 Å². The summed E-state index contributed by atoms with van der Waals surface area (Å²) in [6.07, 6.45) is 0.0182. The van der Waals surface area contributed by atoms with E-state index < -0.39 is 5.82 Å². The van der Waals surface area contributed by atoms with Gasteiger partial charge in [0.2, 0.25) is 5.91 Å². The van der Waals surface area contributed by atoms with Crippen molar-refractivity contribution >= 4 is 11.6 Å². The van der Waals surface area contributed by atoms with E-state index in [1.807, 2.05) is 0 Å². The molecule has 0 atom stereocenters. The van der Waals surface area contributed by atoms with Crippen molar-refractivity contribution < 1.29 is 19.4 Å². The normalized spacial score (nSPS) is 10.2. The van der Waals surface area contributed by atoms with Crippen molar-refractivity contribution in [2.45, 2.75) is 6.42 Å². The summed E-state index contributed by atoms with van der Waals surface area (Å²) in [5.74, 6) is -1.29. The van der Waals surface area contributed by atoms with Gasteiger partial charge in [-0.05, 0) is 35.9 Å². The lowest BCUT2D eigenvalue weighted by atomic mass is 10.1. The van der Waals surface area contributed by atoms with Crippen LogP contribution in [0.4, 0.5) is 10.1 Å². The van der Waals surface area contributed by atoms with Gasteiger partial charge in [0.15, 0.2) is 11.5 Å². The van der Waals surface area contributed by atoms with Crippen molar-refractivity contribution in [2.24, 2.45) is 0 Å². The van der Waals surface area contributed by atoms with E-state index in [9.17, 15) is 14.3 Å². The molecule has 0 unspecified atom stereocenters. The zero-order valence-corrected chi connectivity index (χ0v) is 9.93. The van der Waals surface area contributed by atoms with Crippen molar-refractivity contribution in [3.63, 3.8) is 0 Å². The topological polar surface area (TPSA) is 69.6 Å². The van der Waals surface area contributed by atoms with Crippen LogP contribution in [-0.2, 0) is 11.2 Å². The Morgan fingerprint density at radius 1 is 1.11 bits per heavy atom. The fraction of sp³-hybridized carbons (Fsp3) is 0.0714. The predicted octanol–water partition coefficient (Wildman–Crippen LogP) is 2.42. The molecule has 3 N–H and O–H groups in total. The third kappa shape index (κ3) is 3.45. The smallest absolute Gasteiger partial charge is 0.228 e. The van der Waals surface area contributed by atoms with Crippen LogP contribution in [0.15, 0.2) is 42.5 Å². The molecule has 0 aliphatic carbocycles. The Morgan fingerprint density at radius 2 is 1.89 bits per heavy atom. The lowest BCUT2D eigenvalue weighted by Gasteiger charge is -2.06. The lowest BCUT2D eigenvalue weighted by Crippen LogP contribution is -2.14. The fourth-order valence-electron chi connectivity index (χ4n) is 1.64. The maximum atomic E-state index is 12.9. The molecule has 2 aromatic carbocycles. The van der Waals surface area contributed by atoms with Gasteiger partial charge in [0.1, 0.15) is 5.82 Å². The minimum Gasteiger partial charge on any atom is -0.504 e. The van der Waals surface area contributed by atoms with Gasteiger partial charge in [-0.1, -0.05) is 12.1 Å². The zero-order valence-electron chi connectivity index (χ0n) is 9.93. The van der Waals surface area contributed by atoms with Crippen LogP contribution in [-0.4, -0.2) is 16.1 Å². The highest BCUT2D eigenvalue weighted by molar-refractivity contribution is 5.92. The largest absolute Gasteiger partial charge is 0.504 e. The molecule has 0 radical (unpaired) electrons. The quantitative estimate of drug-likeness (QED) is 0.743. The van der Waals surface area contributed by atoms with E-state index in [0.717, 1.165) is 0 Å². The molecule has 0 aliphatic heterocycles. The van der Waals surface area contributed by atoms with Crippen molar-refractivity contribution in [2.75, 3.05) is 5.32 Å². The monoisotopic (exact) mass is 261 g/mol. The maximum absolute atomic E-state index is 12.9. The van der Waals surface area contributed by atoms with Crippen molar-refractivity contribution in [1.29, 1.82) is 0 Å². The van der Waals surface area contributed by atoms with Crippen LogP contribution in [0.2, 0.25) is 0 Å². The summed E-state index contributed by atoms with van der Waals surface area (Å²) in [5.41, 5.74) is 0.914. The summed E-state index contributed by atoms with van der Waals surface area (Å²) in [6, 6.07) is 9.72. The summed E-state index contributed by atoms with van der Waals surface area (Å²) >= 11 is 0. The van der Waals surface area contributed by atoms with E-state index in [1.54, 1.807) is 6.07 Å². The van der Waals surface area contributed by atoms with Gasteiger partial charge in [0.05, 0.1) is 6.42 Å². The van der Waals surface area contributed by atoms with Gasteiger partial charge >= 0.3 is 0 Å². The highest BCUT2D eigenvalue weighted by Crippen LogP contribution is 2.25. The molecule has 98 valence electrons. The Bertz CT molecular complexity index is 613. The minimum absolute atomic E-state index is 0.0182. The number of hydrogen-bond donors (Lipinski definition) is 3. The molecule has 0 heterocycles. The first kappa shape index (κ1) is 12.9. The number of hydrogen-bond acceptors (Lipinski definition) is 3. The molecule has 2 aromatic rings. The van der Waals surface area contributed by atoms with E-state index in [1.165, 1.54) is 36.4 Å². The molecule has 4 nitrogen and oxygen atoms in total. The van der Waals surface area contributed by atoms with E-state index in [4.69, 9.17) is 5.11 Å². The summed E-state index contributed by atoms with van der Waals surface area (Å²) in [7, 11) is 0.